The lowest BCUT2D eigenvalue weighted by molar-refractivity contribution is -0.136. The summed E-state index contributed by atoms with van der Waals surface area (Å²) < 4.78 is 0. The van der Waals surface area contributed by atoms with Gasteiger partial charge in [-0.3, -0.25) is 9.59 Å². The Balaban J connectivity index is 1.87. The maximum absolute atomic E-state index is 11.9. The molecule has 0 saturated carbocycles. The van der Waals surface area contributed by atoms with Crippen molar-refractivity contribution in [3.05, 3.63) is 30.5 Å². The van der Waals surface area contributed by atoms with Crippen LogP contribution in [-0.2, 0) is 9.59 Å². The molecule has 1 aromatic heterocycles. The second-order valence-corrected chi connectivity index (χ2v) is 5.61. The maximum atomic E-state index is 11.9. The van der Waals surface area contributed by atoms with Gasteiger partial charge in [0, 0.05) is 35.9 Å². The van der Waals surface area contributed by atoms with Gasteiger partial charge in [-0.1, -0.05) is 13.3 Å². The highest BCUT2D eigenvalue weighted by molar-refractivity contribution is 6.39. The number of H-pyrrole nitrogens is 1. The van der Waals surface area contributed by atoms with E-state index in [0.717, 1.165) is 23.7 Å². The monoisotopic (exact) mass is 317 g/mol. The Labute approximate surface area is 135 Å². The number of rotatable bonds is 7. The summed E-state index contributed by atoms with van der Waals surface area (Å²) in [5.74, 6) is -1.14. The lowest BCUT2D eigenvalue weighted by Gasteiger charge is -2.15. The van der Waals surface area contributed by atoms with Crippen LogP contribution < -0.4 is 10.6 Å². The first-order valence-corrected chi connectivity index (χ1v) is 7.91. The van der Waals surface area contributed by atoms with E-state index in [4.69, 9.17) is 5.11 Å². The molecule has 1 heterocycles. The van der Waals surface area contributed by atoms with Crippen LogP contribution in [0.4, 0.5) is 5.69 Å². The Morgan fingerprint density at radius 3 is 2.78 bits per heavy atom. The van der Waals surface area contributed by atoms with Crippen molar-refractivity contribution in [1.29, 1.82) is 0 Å². The number of fused-ring (bicyclic) bond motifs is 1. The zero-order chi connectivity index (χ0) is 16.7. The van der Waals surface area contributed by atoms with Gasteiger partial charge in [0.15, 0.2) is 0 Å². The maximum Gasteiger partial charge on any atom is 0.313 e. The van der Waals surface area contributed by atoms with E-state index < -0.39 is 11.8 Å². The normalized spacial score (nSPS) is 12.1. The number of carbonyl (C=O) groups is 2. The molecule has 6 nitrogen and oxygen atoms in total. The van der Waals surface area contributed by atoms with Gasteiger partial charge in [0.2, 0.25) is 0 Å². The van der Waals surface area contributed by atoms with Gasteiger partial charge in [-0.25, -0.2) is 0 Å². The first kappa shape index (κ1) is 17.0. The van der Waals surface area contributed by atoms with Crippen molar-refractivity contribution in [1.82, 2.24) is 10.3 Å². The van der Waals surface area contributed by atoms with Crippen molar-refractivity contribution >= 4 is 28.4 Å². The van der Waals surface area contributed by atoms with Crippen LogP contribution in [0.3, 0.4) is 0 Å². The fourth-order valence-electron chi connectivity index (χ4n) is 2.58. The number of aromatic amines is 1. The fourth-order valence-corrected chi connectivity index (χ4v) is 2.58. The first-order chi connectivity index (χ1) is 11.1. The van der Waals surface area contributed by atoms with Gasteiger partial charge < -0.3 is 20.7 Å². The summed E-state index contributed by atoms with van der Waals surface area (Å²) >= 11 is 0. The van der Waals surface area contributed by atoms with E-state index in [0.29, 0.717) is 18.7 Å². The zero-order valence-electron chi connectivity index (χ0n) is 13.3. The van der Waals surface area contributed by atoms with E-state index in [-0.39, 0.29) is 12.5 Å². The van der Waals surface area contributed by atoms with Crippen LogP contribution in [0.2, 0.25) is 0 Å². The molecule has 0 bridgehead atoms. The Hall–Kier alpha value is -2.34. The molecule has 1 atom stereocenters. The quantitative estimate of drug-likeness (QED) is 0.588. The summed E-state index contributed by atoms with van der Waals surface area (Å²) in [6.45, 7) is 2.54. The van der Waals surface area contributed by atoms with Gasteiger partial charge in [-0.15, -0.1) is 0 Å². The molecule has 124 valence electrons. The van der Waals surface area contributed by atoms with E-state index in [1.54, 1.807) is 6.07 Å². The third-order valence-electron chi connectivity index (χ3n) is 3.80. The second-order valence-electron chi connectivity index (χ2n) is 5.61. The van der Waals surface area contributed by atoms with E-state index in [2.05, 4.69) is 22.5 Å². The van der Waals surface area contributed by atoms with Gasteiger partial charge in [0.25, 0.3) is 0 Å². The molecule has 0 aliphatic rings. The molecule has 4 N–H and O–H groups in total. The molecule has 23 heavy (non-hydrogen) atoms. The minimum absolute atomic E-state index is 0.0867. The Kier molecular flexibility index (Phi) is 6.17. The number of aliphatic hydroxyl groups is 1. The van der Waals surface area contributed by atoms with Crippen LogP contribution >= 0.6 is 0 Å². The number of carbonyl (C=O) groups excluding carboxylic acids is 2. The van der Waals surface area contributed by atoms with Gasteiger partial charge in [-0.05, 0) is 43.0 Å². The van der Waals surface area contributed by atoms with Crippen LogP contribution in [0, 0.1) is 5.92 Å². The van der Waals surface area contributed by atoms with E-state index >= 15 is 0 Å². The minimum atomic E-state index is -0.681. The molecule has 6 heteroatoms. The predicted octanol–water partition coefficient (Wildman–Crippen LogP) is 2.02. The molecule has 0 aliphatic carbocycles. The van der Waals surface area contributed by atoms with Gasteiger partial charge in [-0.2, -0.15) is 0 Å². The average molecular weight is 317 g/mol. The molecular weight excluding hydrogens is 294 g/mol. The van der Waals surface area contributed by atoms with Crippen molar-refractivity contribution in [3.8, 4) is 0 Å². The number of aromatic nitrogens is 1. The SMILES string of the molecule is CCCC(CCO)CNC(=O)C(=O)Nc1ccc2[nH]ccc2c1. The number of nitrogens with one attached hydrogen (secondary N) is 3. The molecule has 2 aromatic rings. The van der Waals surface area contributed by atoms with E-state index in [1.165, 1.54) is 0 Å². The molecular formula is C17H23N3O3. The van der Waals surface area contributed by atoms with Gasteiger partial charge >= 0.3 is 11.8 Å². The van der Waals surface area contributed by atoms with Crippen molar-refractivity contribution < 1.29 is 14.7 Å². The van der Waals surface area contributed by atoms with Crippen LogP contribution in [-0.4, -0.2) is 35.1 Å². The molecule has 0 radical (unpaired) electrons. The number of amides is 2. The number of benzene rings is 1. The molecule has 1 unspecified atom stereocenters. The van der Waals surface area contributed by atoms with Crippen LogP contribution in [0.5, 0.6) is 0 Å². The molecule has 0 fully saturated rings. The number of anilines is 1. The smallest absolute Gasteiger partial charge is 0.313 e. The highest BCUT2D eigenvalue weighted by atomic mass is 16.3. The summed E-state index contributed by atoms with van der Waals surface area (Å²) in [7, 11) is 0. The lowest BCUT2D eigenvalue weighted by atomic mass is 10.0. The van der Waals surface area contributed by atoms with Crippen LogP contribution in [0.1, 0.15) is 26.2 Å². The van der Waals surface area contributed by atoms with Crippen molar-refractivity contribution in [2.75, 3.05) is 18.5 Å². The highest BCUT2D eigenvalue weighted by Gasteiger charge is 2.16. The minimum Gasteiger partial charge on any atom is -0.396 e. The fraction of sp³-hybridized carbons (Fsp3) is 0.412. The third kappa shape index (κ3) is 4.82. The van der Waals surface area contributed by atoms with Crippen molar-refractivity contribution in [2.24, 2.45) is 5.92 Å². The zero-order valence-corrected chi connectivity index (χ0v) is 13.3. The first-order valence-electron chi connectivity index (χ1n) is 7.91. The molecule has 0 aliphatic heterocycles. The number of hydrogen-bond donors (Lipinski definition) is 4. The summed E-state index contributed by atoms with van der Waals surface area (Å²) in [4.78, 5) is 26.9. The molecule has 2 rings (SSSR count). The van der Waals surface area contributed by atoms with Crippen LogP contribution in [0.15, 0.2) is 30.5 Å². The number of aliphatic hydroxyl groups excluding tert-OH is 1. The molecule has 2 amide bonds. The Bertz CT molecular complexity index is 660. The highest BCUT2D eigenvalue weighted by Crippen LogP contribution is 2.17. The Morgan fingerprint density at radius 1 is 1.22 bits per heavy atom. The molecule has 0 saturated heterocycles. The van der Waals surface area contributed by atoms with E-state index in [9.17, 15) is 9.59 Å². The van der Waals surface area contributed by atoms with Crippen LogP contribution in [0.25, 0.3) is 10.9 Å². The third-order valence-corrected chi connectivity index (χ3v) is 3.80. The van der Waals surface area contributed by atoms with Crippen molar-refractivity contribution in [2.45, 2.75) is 26.2 Å². The molecule has 0 spiro atoms. The summed E-state index contributed by atoms with van der Waals surface area (Å²) in [5, 5.41) is 15.2. The van der Waals surface area contributed by atoms with E-state index in [1.807, 2.05) is 24.4 Å². The summed E-state index contributed by atoms with van der Waals surface area (Å²) in [6.07, 6.45) is 4.33. The average Bonchev–Trinajstić information content (AvgIpc) is 3.00. The Morgan fingerprint density at radius 2 is 2.04 bits per heavy atom. The van der Waals surface area contributed by atoms with Gasteiger partial charge in [0.05, 0.1) is 0 Å². The lowest BCUT2D eigenvalue weighted by Crippen LogP contribution is -2.38. The summed E-state index contributed by atoms with van der Waals surface area (Å²) in [6, 6.07) is 7.30. The molecule has 1 aromatic carbocycles. The largest absolute Gasteiger partial charge is 0.396 e. The predicted molar refractivity (Wildman–Crippen MR) is 90.0 cm³/mol. The standard InChI is InChI=1S/C17H23N3O3/c1-2-3-12(7-9-21)11-19-16(22)17(23)20-14-4-5-15-13(10-14)6-8-18-15/h4-6,8,10,12,18,21H,2-3,7,9,11H2,1H3,(H,19,22)(H,20,23). The summed E-state index contributed by atoms with van der Waals surface area (Å²) in [5.41, 5.74) is 1.55. The van der Waals surface area contributed by atoms with Gasteiger partial charge in [0.1, 0.15) is 0 Å². The topological polar surface area (TPSA) is 94.2 Å². The van der Waals surface area contributed by atoms with Crippen molar-refractivity contribution in [3.63, 3.8) is 0 Å². The second kappa shape index (κ2) is 8.33. The number of hydrogen-bond acceptors (Lipinski definition) is 3.